The summed E-state index contributed by atoms with van der Waals surface area (Å²) in [6, 6.07) is 10.2. The Hall–Kier alpha value is -1.30. The quantitative estimate of drug-likeness (QED) is 0.945. The lowest BCUT2D eigenvalue weighted by atomic mass is 10.1. The van der Waals surface area contributed by atoms with E-state index in [1.165, 1.54) is 5.56 Å². The van der Waals surface area contributed by atoms with Gasteiger partial charge in [-0.25, -0.2) is 0 Å². The summed E-state index contributed by atoms with van der Waals surface area (Å²) in [5, 5.41) is 2.11. The molecule has 1 fully saturated rings. The van der Waals surface area contributed by atoms with Crippen LogP contribution in [0, 0.1) is 6.92 Å². The van der Waals surface area contributed by atoms with E-state index in [0.717, 1.165) is 28.3 Å². The average molecular weight is 318 g/mol. The van der Waals surface area contributed by atoms with E-state index in [-0.39, 0.29) is 11.3 Å². The predicted molar refractivity (Wildman–Crippen MR) is 90.8 cm³/mol. The minimum atomic E-state index is 0.105. The van der Waals surface area contributed by atoms with Gasteiger partial charge in [-0.05, 0) is 23.9 Å². The molecule has 5 heteroatoms. The third kappa shape index (κ3) is 2.86. The minimum absolute atomic E-state index is 0.105. The molecule has 1 aromatic heterocycles. The molecule has 0 saturated carbocycles. The molecule has 2 aromatic rings. The van der Waals surface area contributed by atoms with Gasteiger partial charge in [0.05, 0.1) is 10.9 Å². The van der Waals surface area contributed by atoms with Crippen molar-refractivity contribution >= 4 is 29.0 Å². The lowest BCUT2D eigenvalue weighted by Gasteiger charge is -2.22. The van der Waals surface area contributed by atoms with Crippen LogP contribution in [0.1, 0.15) is 15.9 Å². The van der Waals surface area contributed by atoms with Gasteiger partial charge in [0.1, 0.15) is 0 Å². The number of thiophene rings is 1. The van der Waals surface area contributed by atoms with E-state index in [4.69, 9.17) is 5.73 Å². The number of amides is 1. The molecule has 1 atom stereocenters. The van der Waals surface area contributed by atoms with Gasteiger partial charge in [0, 0.05) is 23.7 Å². The van der Waals surface area contributed by atoms with Gasteiger partial charge < -0.3 is 10.6 Å². The van der Waals surface area contributed by atoms with Gasteiger partial charge in [0.15, 0.2) is 0 Å². The monoisotopic (exact) mass is 318 g/mol. The number of carbonyl (C=O) groups excluding carboxylic acids is 1. The van der Waals surface area contributed by atoms with Gasteiger partial charge in [-0.1, -0.05) is 29.8 Å². The number of aryl methyl sites for hydroxylation is 1. The second-order valence-electron chi connectivity index (χ2n) is 5.09. The maximum absolute atomic E-state index is 12.8. The number of hydrogen-bond donors (Lipinski definition) is 1. The number of rotatable bonds is 3. The first kappa shape index (κ1) is 14.6. The van der Waals surface area contributed by atoms with Gasteiger partial charge in [0.25, 0.3) is 5.91 Å². The molecule has 2 N–H and O–H groups in total. The molecule has 110 valence electrons. The van der Waals surface area contributed by atoms with Crippen molar-refractivity contribution < 1.29 is 4.79 Å². The molecule has 2 heterocycles. The largest absolute Gasteiger partial charge is 0.328 e. The summed E-state index contributed by atoms with van der Waals surface area (Å²) in [7, 11) is 0. The summed E-state index contributed by atoms with van der Waals surface area (Å²) >= 11 is 3.39. The summed E-state index contributed by atoms with van der Waals surface area (Å²) in [6.45, 7) is 3.37. The molecule has 1 aliphatic heterocycles. The van der Waals surface area contributed by atoms with Crippen LogP contribution in [0.25, 0.3) is 10.4 Å². The third-order valence-electron chi connectivity index (χ3n) is 3.63. The van der Waals surface area contributed by atoms with E-state index in [9.17, 15) is 4.79 Å². The number of benzene rings is 1. The Labute approximate surface area is 133 Å². The maximum atomic E-state index is 12.8. The van der Waals surface area contributed by atoms with E-state index >= 15 is 0 Å². The normalized spacial score (nSPS) is 18.2. The van der Waals surface area contributed by atoms with Crippen LogP contribution in [-0.2, 0) is 0 Å². The van der Waals surface area contributed by atoms with Crippen LogP contribution in [0.3, 0.4) is 0 Å². The van der Waals surface area contributed by atoms with E-state index in [1.807, 2.05) is 22.4 Å². The smallest absolute Gasteiger partial charge is 0.256 e. The first-order valence-electron chi connectivity index (χ1n) is 6.98. The number of thioether (sulfide) groups is 1. The van der Waals surface area contributed by atoms with E-state index in [2.05, 4.69) is 25.1 Å². The molecule has 21 heavy (non-hydrogen) atoms. The van der Waals surface area contributed by atoms with Crippen molar-refractivity contribution in [2.24, 2.45) is 5.73 Å². The molecule has 3 nitrogen and oxygen atoms in total. The second kappa shape index (κ2) is 6.22. The van der Waals surface area contributed by atoms with Crippen LogP contribution in [0.4, 0.5) is 0 Å². The standard InChI is InChI=1S/C16H18N2OS2/c1-11-3-2-4-12(9-11)15-13(5-7-21-15)16(19)18-6-8-20-14(18)10-17/h2-5,7,9,14H,6,8,10,17H2,1H3. The number of nitrogens with two attached hydrogens (primary N) is 1. The molecule has 1 aliphatic rings. The minimum Gasteiger partial charge on any atom is -0.328 e. The van der Waals surface area contributed by atoms with Crippen LogP contribution >= 0.6 is 23.1 Å². The molecular weight excluding hydrogens is 300 g/mol. The highest BCUT2D eigenvalue weighted by atomic mass is 32.2. The first-order chi connectivity index (χ1) is 10.2. The molecule has 0 aliphatic carbocycles. The fraction of sp³-hybridized carbons (Fsp3) is 0.312. The number of carbonyl (C=O) groups is 1. The van der Waals surface area contributed by atoms with E-state index in [0.29, 0.717) is 6.54 Å². The van der Waals surface area contributed by atoms with Crippen LogP contribution in [0.5, 0.6) is 0 Å². The molecular formula is C16H18N2OS2. The first-order valence-corrected chi connectivity index (χ1v) is 8.90. The molecule has 3 rings (SSSR count). The van der Waals surface area contributed by atoms with Crippen LogP contribution in [0.15, 0.2) is 35.7 Å². The Bertz CT molecular complexity index is 653. The van der Waals surface area contributed by atoms with Gasteiger partial charge in [-0.15, -0.1) is 23.1 Å². The Morgan fingerprint density at radius 2 is 2.29 bits per heavy atom. The van der Waals surface area contributed by atoms with Gasteiger partial charge >= 0.3 is 0 Å². The summed E-state index contributed by atoms with van der Waals surface area (Å²) in [5.41, 5.74) is 8.89. The summed E-state index contributed by atoms with van der Waals surface area (Å²) in [6.07, 6.45) is 0. The Kier molecular flexibility index (Phi) is 4.33. The summed E-state index contributed by atoms with van der Waals surface area (Å²) in [5.74, 6) is 1.07. The highest BCUT2D eigenvalue weighted by Gasteiger charge is 2.30. The van der Waals surface area contributed by atoms with Crippen molar-refractivity contribution in [2.75, 3.05) is 18.8 Å². The topological polar surface area (TPSA) is 46.3 Å². The van der Waals surface area contributed by atoms with Gasteiger partial charge in [-0.3, -0.25) is 4.79 Å². The maximum Gasteiger partial charge on any atom is 0.256 e. The predicted octanol–water partition coefficient (Wildman–Crippen LogP) is 3.20. The molecule has 0 bridgehead atoms. The average Bonchev–Trinajstić information content (AvgIpc) is 3.15. The number of hydrogen-bond acceptors (Lipinski definition) is 4. The van der Waals surface area contributed by atoms with Crippen molar-refractivity contribution in [1.82, 2.24) is 4.90 Å². The molecule has 0 radical (unpaired) electrons. The van der Waals surface area contributed by atoms with E-state index in [1.54, 1.807) is 23.1 Å². The van der Waals surface area contributed by atoms with Crippen LogP contribution in [-0.4, -0.2) is 35.0 Å². The lowest BCUT2D eigenvalue weighted by molar-refractivity contribution is 0.0765. The Balaban J connectivity index is 1.94. The fourth-order valence-electron chi connectivity index (χ4n) is 2.59. The second-order valence-corrected chi connectivity index (χ2v) is 7.29. The highest BCUT2D eigenvalue weighted by molar-refractivity contribution is 8.00. The molecule has 1 saturated heterocycles. The SMILES string of the molecule is Cc1cccc(-c2sccc2C(=O)N2CCSC2CN)c1. The molecule has 1 aromatic carbocycles. The van der Waals surface area contributed by atoms with Crippen molar-refractivity contribution in [1.29, 1.82) is 0 Å². The zero-order valence-electron chi connectivity index (χ0n) is 11.9. The highest BCUT2D eigenvalue weighted by Crippen LogP contribution is 2.33. The van der Waals surface area contributed by atoms with Crippen molar-refractivity contribution in [3.05, 3.63) is 46.8 Å². The van der Waals surface area contributed by atoms with Crippen molar-refractivity contribution in [3.63, 3.8) is 0 Å². The van der Waals surface area contributed by atoms with Crippen LogP contribution < -0.4 is 5.73 Å². The number of nitrogens with zero attached hydrogens (tertiary/aromatic N) is 1. The van der Waals surface area contributed by atoms with Crippen molar-refractivity contribution in [3.8, 4) is 10.4 Å². The fourth-order valence-corrected chi connectivity index (χ4v) is 4.57. The zero-order valence-corrected chi connectivity index (χ0v) is 13.5. The summed E-state index contributed by atoms with van der Waals surface area (Å²) < 4.78 is 0. The third-order valence-corrected chi connectivity index (χ3v) is 5.84. The van der Waals surface area contributed by atoms with Crippen molar-refractivity contribution in [2.45, 2.75) is 12.3 Å². The van der Waals surface area contributed by atoms with E-state index < -0.39 is 0 Å². The molecule has 0 spiro atoms. The Morgan fingerprint density at radius 1 is 1.43 bits per heavy atom. The Morgan fingerprint density at radius 3 is 3.05 bits per heavy atom. The van der Waals surface area contributed by atoms with Crippen LogP contribution in [0.2, 0.25) is 0 Å². The van der Waals surface area contributed by atoms with Gasteiger partial charge in [-0.2, -0.15) is 0 Å². The lowest BCUT2D eigenvalue weighted by Crippen LogP contribution is -2.38. The van der Waals surface area contributed by atoms with Gasteiger partial charge in [0.2, 0.25) is 0 Å². The molecule has 1 amide bonds. The summed E-state index contributed by atoms with van der Waals surface area (Å²) in [4.78, 5) is 15.8. The molecule has 1 unspecified atom stereocenters. The zero-order chi connectivity index (χ0) is 14.8.